The van der Waals surface area contributed by atoms with E-state index in [9.17, 15) is 18.0 Å². The van der Waals surface area contributed by atoms with Crippen molar-refractivity contribution in [2.75, 3.05) is 38.5 Å². The minimum Gasteiger partial charge on any atom is -0.437 e. The third-order valence-corrected chi connectivity index (χ3v) is 8.22. The van der Waals surface area contributed by atoms with Crippen molar-refractivity contribution < 1.29 is 22.7 Å². The largest absolute Gasteiger partial charge is 0.437 e. The summed E-state index contributed by atoms with van der Waals surface area (Å²) in [6.07, 6.45) is 0.388. The normalized spacial score (nSPS) is 14.6. The average Bonchev–Trinajstić information content (AvgIpc) is 3.48. The molecule has 4 heterocycles. The van der Waals surface area contributed by atoms with E-state index in [1.165, 1.54) is 18.2 Å². The van der Waals surface area contributed by atoms with Crippen LogP contribution in [0.1, 0.15) is 46.9 Å². The van der Waals surface area contributed by atoms with Gasteiger partial charge in [0.25, 0.3) is 11.8 Å². The Morgan fingerprint density at radius 1 is 1.00 bits per heavy atom. The number of fused-ring (bicyclic) bond motifs is 1. The zero-order valence-electron chi connectivity index (χ0n) is 26.5. The van der Waals surface area contributed by atoms with Gasteiger partial charge >= 0.3 is 6.18 Å². The molecule has 0 atom stereocenters. The third-order valence-electron chi connectivity index (χ3n) is 8.22. The number of amides is 1. The highest BCUT2D eigenvalue weighted by Crippen LogP contribution is 2.35. The summed E-state index contributed by atoms with van der Waals surface area (Å²) in [5, 5.41) is 2.65. The number of nitrogens with one attached hydrogen (secondary N) is 1. The molecular formula is C34H35F3N8O2. The Kier molecular flexibility index (Phi) is 8.93. The van der Waals surface area contributed by atoms with Gasteiger partial charge in [0.05, 0.1) is 11.9 Å². The molecule has 47 heavy (non-hydrogen) atoms. The molecule has 0 aliphatic carbocycles. The molecule has 1 amide bonds. The van der Waals surface area contributed by atoms with Gasteiger partial charge in [-0.1, -0.05) is 12.1 Å². The lowest BCUT2D eigenvalue weighted by Gasteiger charge is -2.33. The van der Waals surface area contributed by atoms with Gasteiger partial charge < -0.3 is 19.5 Å². The molecule has 0 spiro atoms. The predicted octanol–water partition coefficient (Wildman–Crippen LogP) is 6.59. The van der Waals surface area contributed by atoms with E-state index in [1.54, 1.807) is 49.9 Å². The molecule has 1 fully saturated rings. The number of rotatable bonds is 8. The maximum atomic E-state index is 14.1. The van der Waals surface area contributed by atoms with Crippen molar-refractivity contribution in [2.24, 2.45) is 0 Å². The first kappa shape index (κ1) is 32.1. The number of aromatic nitrogens is 5. The lowest BCUT2D eigenvalue weighted by molar-refractivity contribution is -0.138. The summed E-state index contributed by atoms with van der Waals surface area (Å²) < 4.78 is 50.6. The predicted molar refractivity (Wildman–Crippen MR) is 172 cm³/mol. The Hall–Kier alpha value is -4.88. The van der Waals surface area contributed by atoms with E-state index in [2.05, 4.69) is 25.2 Å². The quantitative estimate of drug-likeness (QED) is 0.202. The van der Waals surface area contributed by atoms with E-state index in [1.807, 2.05) is 30.4 Å². The van der Waals surface area contributed by atoms with Gasteiger partial charge in [0.2, 0.25) is 0 Å². The van der Waals surface area contributed by atoms with Gasteiger partial charge in [0, 0.05) is 68.0 Å². The van der Waals surface area contributed by atoms with Crippen molar-refractivity contribution in [1.29, 1.82) is 0 Å². The number of imidazole rings is 1. The minimum absolute atomic E-state index is 0.0499. The van der Waals surface area contributed by atoms with Crippen LogP contribution in [0.5, 0.6) is 11.6 Å². The van der Waals surface area contributed by atoms with Crippen molar-refractivity contribution in [3.63, 3.8) is 0 Å². The number of carbonyl (C=O) groups is 1. The molecule has 2 aromatic carbocycles. The second kappa shape index (κ2) is 13.1. The highest BCUT2D eigenvalue weighted by Gasteiger charge is 2.34. The number of likely N-dealkylation sites (N-methyl/N-ethyl adjacent to an activating group) is 1. The van der Waals surface area contributed by atoms with Gasteiger partial charge in [-0.15, -0.1) is 0 Å². The van der Waals surface area contributed by atoms with Gasteiger partial charge in [0.15, 0.2) is 17.0 Å². The number of halogens is 3. The molecule has 0 bridgehead atoms. The summed E-state index contributed by atoms with van der Waals surface area (Å²) in [6, 6.07) is 12.6. The summed E-state index contributed by atoms with van der Waals surface area (Å²) in [6.45, 7) is 8.93. The van der Waals surface area contributed by atoms with Crippen molar-refractivity contribution >= 4 is 22.8 Å². The fraction of sp³-hybridized carbons (Fsp3) is 0.324. The molecule has 1 N–H and O–H groups in total. The second-order valence-electron chi connectivity index (χ2n) is 12.0. The fourth-order valence-electron chi connectivity index (χ4n) is 5.49. The van der Waals surface area contributed by atoms with E-state index in [4.69, 9.17) is 9.72 Å². The molecule has 3 aromatic heterocycles. The highest BCUT2D eigenvalue weighted by atomic mass is 19.4. The molecule has 5 aromatic rings. The fourth-order valence-corrected chi connectivity index (χ4v) is 5.49. The number of piperazine rings is 1. The van der Waals surface area contributed by atoms with Crippen LogP contribution in [-0.4, -0.2) is 73.4 Å². The van der Waals surface area contributed by atoms with Crippen molar-refractivity contribution in [3.05, 3.63) is 89.5 Å². The van der Waals surface area contributed by atoms with Gasteiger partial charge in [-0.2, -0.15) is 18.2 Å². The second-order valence-corrected chi connectivity index (χ2v) is 12.0. The molecule has 0 unspecified atom stereocenters. The molecule has 10 nitrogen and oxygen atoms in total. The lowest BCUT2D eigenvalue weighted by atomic mass is 10.0. The number of pyridine rings is 1. The van der Waals surface area contributed by atoms with Gasteiger partial charge in [-0.05, 0) is 75.3 Å². The standard InChI is InChI=1S/C34H35F3N8O2/c1-21(2)45-20-39-29-31(45)41-30(23-9-11-38-12-10-23)42-33(29)47-26-8-5-22(3)27(18-26)32(46)40-25-7-6-24(28(17-25)34(35,36)37)19-44-15-13-43(4)14-16-44/h5-12,17-18,20-21H,13-16,19H2,1-4H3,(H,40,46). The molecule has 244 valence electrons. The minimum atomic E-state index is -4.58. The van der Waals surface area contributed by atoms with Crippen LogP contribution in [-0.2, 0) is 12.7 Å². The van der Waals surface area contributed by atoms with E-state index in [0.29, 0.717) is 41.4 Å². The molecular weight excluding hydrogens is 609 g/mol. The van der Waals surface area contributed by atoms with Crippen molar-refractivity contribution in [1.82, 2.24) is 34.3 Å². The summed E-state index contributed by atoms with van der Waals surface area (Å²) in [5.41, 5.74) is 2.08. The van der Waals surface area contributed by atoms with E-state index >= 15 is 0 Å². The van der Waals surface area contributed by atoms with Crippen LogP contribution in [0, 0.1) is 6.92 Å². The van der Waals surface area contributed by atoms with Gasteiger partial charge in [0.1, 0.15) is 5.75 Å². The summed E-state index contributed by atoms with van der Waals surface area (Å²) in [7, 11) is 2.00. The summed E-state index contributed by atoms with van der Waals surface area (Å²) in [5.74, 6) is 0.349. The van der Waals surface area contributed by atoms with Crippen molar-refractivity contribution in [3.8, 4) is 23.0 Å². The van der Waals surface area contributed by atoms with Crippen LogP contribution in [0.25, 0.3) is 22.6 Å². The van der Waals surface area contributed by atoms with Crippen LogP contribution in [0.2, 0.25) is 0 Å². The van der Waals surface area contributed by atoms with E-state index in [0.717, 1.165) is 24.7 Å². The average molecular weight is 645 g/mol. The maximum Gasteiger partial charge on any atom is 0.416 e. The maximum absolute atomic E-state index is 14.1. The topological polar surface area (TPSA) is 101 Å². The molecule has 6 rings (SSSR count). The first-order valence-corrected chi connectivity index (χ1v) is 15.3. The Balaban J connectivity index is 1.27. The number of hydrogen-bond donors (Lipinski definition) is 1. The SMILES string of the molecule is Cc1ccc(Oc2nc(-c3ccncc3)nc3c2ncn3C(C)C)cc1C(=O)Nc1ccc(CN2CCN(C)CC2)c(C(F)(F)F)c1. The zero-order chi connectivity index (χ0) is 33.3. The molecule has 1 aliphatic rings. The monoisotopic (exact) mass is 644 g/mol. The van der Waals surface area contributed by atoms with E-state index < -0.39 is 17.6 Å². The third kappa shape index (κ3) is 7.10. The highest BCUT2D eigenvalue weighted by molar-refractivity contribution is 6.05. The summed E-state index contributed by atoms with van der Waals surface area (Å²) in [4.78, 5) is 35.6. The summed E-state index contributed by atoms with van der Waals surface area (Å²) >= 11 is 0. The number of benzene rings is 2. The van der Waals surface area contributed by atoms with Gasteiger partial charge in [-0.25, -0.2) is 9.97 Å². The number of alkyl halides is 3. The molecule has 0 radical (unpaired) electrons. The molecule has 0 saturated carbocycles. The number of nitrogens with zero attached hydrogens (tertiary/aromatic N) is 7. The Bertz CT molecular complexity index is 1900. The Morgan fingerprint density at radius 3 is 2.45 bits per heavy atom. The molecule has 1 saturated heterocycles. The van der Waals surface area contributed by atoms with Crippen molar-refractivity contribution in [2.45, 2.75) is 39.5 Å². The van der Waals surface area contributed by atoms with E-state index in [-0.39, 0.29) is 35.3 Å². The van der Waals surface area contributed by atoms with Crippen LogP contribution >= 0.6 is 0 Å². The smallest absolute Gasteiger partial charge is 0.416 e. The van der Waals surface area contributed by atoms with Crippen LogP contribution in [0.15, 0.2) is 67.3 Å². The number of hydrogen-bond acceptors (Lipinski definition) is 8. The van der Waals surface area contributed by atoms with Gasteiger partial charge in [-0.3, -0.25) is 14.7 Å². The number of ether oxygens (including phenoxy) is 1. The van der Waals surface area contributed by atoms with Crippen LogP contribution < -0.4 is 10.1 Å². The Labute approximate surface area is 270 Å². The first-order valence-electron chi connectivity index (χ1n) is 15.3. The number of aryl methyl sites for hydroxylation is 1. The lowest BCUT2D eigenvalue weighted by Crippen LogP contribution is -2.44. The molecule has 13 heteroatoms. The van der Waals surface area contributed by atoms with Crippen LogP contribution in [0.3, 0.4) is 0 Å². The molecule has 1 aliphatic heterocycles. The Morgan fingerprint density at radius 2 is 1.74 bits per heavy atom. The zero-order valence-corrected chi connectivity index (χ0v) is 26.5. The number of anilines is 1. The number of carbonyl (C=O) groups excluding carboxylic acids is 1. The van der Waals surface area contributed by atoms with Crippen LogP contribution in [0.4, 0.5) is 18.9 Å². The first-order chi connectivity index (χ1) is 22.5.